The molecule has 1 aromatic carbocycles. The van der Waals surface area contributed by atoms with Gasteiger partial charge >= 0.3 is 5.97 Å². The molecule has 0 saturated heterocycles. The van der Waals surface area contributed by atoms with Crippen molar-refractivity contribution < 1.29 is 14.6 Å². The van der Waals surface area contributed by atoms with Crippen molar-refractivity contribution in [3.05, 3.63) is 38.9 Å². The largest absolute Gasteiger partial charge is 0.465 e. The van der Waals surface area contributed by atoms with Crippen LogP contribution in [0.4, 0.5) is 0 Å². The minimum Gasteiger partial charge on any atom is -0.465 e. The summed E-state index contributed by atoms with van der Waals surface area (Å²) in [6.07, 6.45) is -0.686. The van der Waals surface area contributed by atoms with E-state index in [0.717, 1.165) is 0 Å². The van der Waals surface area contributed by atoms with Gasteiger partial charge in [-0.2, -0.15) is 0 Å². The number of aliphatic hydroxyl groups excluding tert-OH is 1. The number of aromatic amines is 1. The normalized spacial score (nSPS) is 12.3. The molecule has 0 spiro atoms. The second-order valence-corrected chi connectivity index (χ2v) is 4.83. The number of aromatic nitrogens is 2. The molecular formula is C13H14N2O4S. The lowest BCUT2D eigenvalue weighted by molar-refractivity contribution is 0.0601. The molecule has 0 saturated carbocycles. The molecule has 106 valence electrons. The van der Waals surface area contributed by atoms with Gasteiger partial charge in [-0.05, 0) is 37.3 Å². The van der Waals surface area contributed by atoms with Gasteiger partial charge < -0.3 is 14.8 Å². The van der Waals surface area contributed by atoms with Crippen LogP contribution in [0.25, 0.3) is 10.9 Å². The van der Waals surface area contributed by atoms with Gasteiger partial charge in [0.15, 0.2) is 4.77 Å². The van der Waals surface area contributed by atoms with Crippen LogP contribution in [0, 0.1) is 4.77 Å². The van der Waals surface area contributed by atoms with Gasteiger partial charge in [0.1, 0.15) is 0 Å². The number of methoxy groups -OCH3 is 1. The number of rotatable bonds is 3. The Bertz CT molecular complexity index is 776. The lowest BCUT2D eigenvalue weighted by Gasteiger charge is -2.10. The van der Waals surface area contributed by atoms with E-state index in [1.807, 2.05) is 0 Å². The van der Waals surface area contributed by atoms with Crippen molar-refractivity contribution in [2.75, 3.05) is 7.11 Å². The van der Waals surface area contributed by atoms with Gasteiger partial charge in [-0.25, -0.2) is 4.79 Å². The average molecular weight is 294 g/mol. The number of benzene rings is 1. The highest BCUT2D eigenvalue weighted by Crippen LogP contribution is 2.11. The number of aliphatic hydroxyl groups is 1. The summed E-state index contributed by atoms with van der Waals surface area (Å²) >= 11 is 5.10. The zero-order valence-corrected chi connectivity index (χ0v) is 11.9. The quantitative estimate of drug-likeness (QED) is 0.657. The number of ether oxygens (including phenoxy) is 1. The fourth-order valence-corrected chi connectivity index (χ4v) is 2.20. The molecule has 1 unspecified atom stereocenters. The van der Waals surface area contributed by atoms with Gasteiger partial charge in [-0.3, -0.25) is 9.36 Å². The Balaban J connectivity index is 2.67. The molecule has 0 aliphatic rings. The minimum atomic E-state index is -0.686. The number of esters is 1. The number of H-pyrrole nitrogens is 1. The number of hydrogen-bond donors (Lipinski definition) is 2. The molecule has 20 heavy (non-hydrogen) atoms. The molecule has 1 atom stereocenters. The molecule has 6 nitrogen and oxygen atoms in total. The molecule has 7 heteroatoms. The molecule has 0 fully saturated rings. The summed E-state index contributed by atoms with van der Waals surface area (Å²) in [5, 5.41) is 9.79. The van der Waals surface area contributed by atoms with E-state index >= 15 is 0 Å². The van der Waals surface area contributed by atoms with Gasteiger partial charge in [0.2, 0.25) is 0 Å². The van der Waals surface area contributed by atoms with Gasteiger partial charge in [-0.15, -0.1) is 0 Å². The van der Waals surface area contributed by atoms with Gasteiger partial charge in [0.05, 0.1) is 36.2 Å². The van der Waals surface area contributed by atoms with E-state index in [1.54, 1.807) is 6.92 Å². The topological polar surface area (TPSA) is 84.3 Å². The van der Waals surface area contributed by atoms with Crippen LogP contribution in [0.3, 0.4) is 0 Å². The second-order valence-electron chi connectivity index (χ2n) is 4.45. The first-order valence-electron chi connectivity index (χ1n) is 5.97. The number of nitrogens with zero attached hydrogens (tertiary/aromatic N) is 1. The van der Waals surface area contributed by atoms with Crippen LogP contribution in [0.1, 0.15) is 17.3 Å². The highest BCUT2D eigenvalue weighted by Gasteiger charge is 2.11. The lowest BCUT2D eigenvalue weighted by atomic mass is 10.1. The number of fused-ring (bicyclic) bond motifs is 1. The first kappa shape index (κ1) is 14.4. The Kier molecular flexibility index (Phi) is 4.01. The maximum Gasteiger partial charge on any atom is 0.337 e. The first-order chi connectivity index (χ1) is 9.43. The fraction of sp³-hybridized carbons (Fsp3) is 0.308. The first-order valence-corrected chi connectivity index (χ1v) is 6.38. The summed E-state index contributed by atoms with van der Waals surface area (Å²) in [5.74, 6) is -0.487. The van der Waals surface area contributed by atoms with Crippen LogP contribution >= 0.6 is 12.2 Å². The van der Waals surface area contributed by atoms with E-state index in [1.165, 1.54) is 29.9 Å². The molecular weight excluding hydrogens is 280 g/mol. The predicted octanol–water partition coefficient (Wildman–Crippen LogP) is 1.23. The Morgan fingerprint density at radius 1 is 1.55 bits per heavy atom. The lowest BCUT2D eigenvalue weighted by Crippen LogP contribution is -2.27. The molecule has 2 N–H and O–H groups in total. The molecule has 2 aromatic rings. The standard InChI is InChI=1S/C13H14N2O4S/c1-7(16)6-15-11(17)9-4-3-8(12(18)19-2)5-10(9)14-13(15)20/h3-5,7,16H,6H2,1-2H3,(H,14,20). The van der Waals surface area contributed by atoms with Crippen LogP contribution in [0.2, 0.25) is 0 Å². The van der Waals surface area contributed by atoms with Crippen molar-refractivity contribution in [2.24, 2.45) is 0 Å². The second kappa shape index (κ2) is 5.56. The van der Waals surface area contributed by atoms with E-state index in [-0.39, 0.29) is 16.9 Å². The van der Waals surface area contributed by atoms with Crippen LogP contribution in [0.15, 0.2) is 23.0 Å². The molecule has 1 heterocycles. The van der Waals surface area contributed by atoms with Crippen LogP contribution in [0.5, 0.6) is 0 Å². The zero-order chi connectivity index (χ0) is 14.9. The molecule has 0 aliphatic heterocycles. The fourth-order valence-electron chi connectivity index (χ4n) is 1.93. The van der Waals surface area contributed by atoms with E-state index in [4.69, 9.17) is 12.2 Å². The van der Waals surface area contributed by atoms with E-state index in [2.05, 4.69) is 9.72 Å². The third-order valence-corrected chi connectivity index (χ3v) is 3.17. The van der Waals surface area contributed by atoms with Crippen molar-refractivity contribution in [3.8, 4) is 0 Å². The summed E-state index contributed by atoms with van der Waals surface area (Å²) in [6, 6.07) is 4.57. The van der Waals surface area contributed by atoms with Crippen molar-refractivity contribution in [1.82, 2.24) is 9.55 Å². The maximum atomic E-state index is 12.3. The van der Waals surface area contributed by atoms with E-state index in [0.29, 0.717) is 16.5 Å². The highest BCUT2D eigenvalue weighted by atomic mass is 32.1. The Labute approximate surface area is 119 Å². The number of nitrogens with one attached hydrogen (secondary N) is 1. The SMILES string of the molecule is COC(=O)c1ccc2c(=O)n(CC(C)O)c(=S)[nH]c2c1. The maximum absolute atomic E-state index is 12.3. The predicted molar refractivity (Wildman–Crippen MR) is 76.4 cm³/mol. The number of carbonyl (C=O) groups is 1. The molecule has 0 aliphatic carbocycles. The third-order valence-electron chi connectivity index (χ3n) is 2.85. The molecule has 1 aromatic heterocycles. The van der Waals surface area contributed by atoms with Gasteiger partial charge in [0.25, 0.3) is 5.56 Å². The average Bonchev–Trinajstić information content (AvgIpc) is 2.41. The minimum absolute atomic E-state index is 0.114. The highest BCUT2D eigenvalue weighted by molar-refractivity contribution is 7.71. The van der Waals surface area contributed by atoms with Crippen LogP contribution < -0.4 is 5.56 Å². The summed E-state index contributed by atoms with van der Waals surface area (Å²) in [5.41, 5.74) is 0.490. The Morgan fingerprint density at radius 2 is 2.25 bits per heavy atom. The van der Waals surface area contributed by atoms with Crippen molar-refractivity contribution in [1.29, 1.82) is 0 Å². The zero-order valence-electron chi connectivity index (χ0n) is 11.0. The van der Waals surface area contributed by atoms with E-state index < -0.39 is 12.1 Å². The van der Waals surface area contributed by atoms with Crippen molar-refractivity contribution >= 4 is 29.1 Å². The smallest absolute Gasteiger partial charge is 0.337 e. The monoisotopic (exact) mass is 294 g/mol. The summed E-state index contributed by atoms with van der Waals surface area (Å²) in [6.45, 7) is 1.69. The third kappa shape index (κ3) is 2.63. The van der Waals surface area contributed by atoms with Crippen LogP contribution in [-0.2, 0) is 11.3 Å². The molecule has 0 radical (unpaired) electrons. The van der Waals surface area contributed by atoms with Gasteiger partial charge in [0, 0.05) is 0 Å². The Hall–Kier alpha value is -1.99. The van der Waals surface area contributed by atoms with Gasteiger partial charge in [-0.1, -0.05) is 0 Å². The summed E-state index contributed by atoms with van der Waals surface area (Å²) in [7, 11) is 1.29. The van der Waals surface area contributed by atoms with Crippen molar-refractivity contribution in [3.63, 3.8) is 0 Å². The molecule has 0 amide bonds. The number of carbonyl (C=O) groups excluding carboxylic acids is 1. The van der Waals surface area contributed by atoms with Crippen LogP contribution in [-0.4, -0.2) is 33.8 Å². The Morgan fingerprint density at radius 3 is 2.85 bits per heavy atom. The van der Waals surface area contributed by atoms with Crippen molar-refractivity contribution in [2.45, 2.75) is 19.6 Å². The summed E-state index contributed by atoms with van der Waals surface area (Å²) < 4.78 is 6.12. The number of hydrogen-bond acceptors (Lipinski definition) is 5. The van der Waals surface area contributed by atoms with E-state index in [9.17, 15) is 14.7 Å². The summed E-state index contributed by atoms with van der Waals surface area (Å²) in [4.78, 5) is 26.6. The molecule has 0 bridgehead atoms. The molecule has 2 rings (SSSR count).